The highest BCUT2D eigenvalue weighted by Gasteiger charge is 2.19. The van der Waals surface area contributed by atoms with E-state index < -0.39 is 6.10 Å². The second kappa shape index (κ2) is 7.44. The summed E-state index contributed by atoms with van der Waals surface area (Å²) in [5, 5.41) is 9.03. The number of ether oxygens (including phenoxy) is 1. The molecule has 0 saturated heterocycles. The maximum Gasteiger partial charge on any atom is 0.266 e. The number of aryl methyl sites for hydroxylation is 1. The fraction of sp³-hybridized carbons (Fsp3) is 0.312. The summed E-state index contributed by atoms with van der Waals surface area (Å²) in [6, 6.07) is 8.44. The van der Waals surface area contributed by atoms with Crippen LogP contribution in [0.4, 0.5) is 11.5 Å². The first-order valence-corrected chi connectivity index (χ1v) is 7.26. The zero-order chi connectivity index (χ0) is 16.8. The molecule has 0 bridgehead atoms. The first kappa shape index (κ1) is 16.5. The molecule has 7 nitrogen and oxygen atoms in total. The number of aromatic nitrogens is 1. The van der Waals surface area contributed by atoms with Crippen LogP contribution in [0.2, 0.25) is 0 Å². The van der Waals surface area contributed by atoms with E-state index in [2.05, 4.69) is 15.8 Å². The Kier molecular flexibility index (Phi) is 5.35. The van der Waals surface area contributed by atoms with Crippen molar-refractivity contribution in [3.05, 3.63) is 36.1 Å². The van der Waals surface area contributed by atoms with E-state index in [4.69, 9.17) is 9.26 Å². The number of nitrogens with one attached hydrogen (secondary N) is 2. The normalized spacial score (nSPS) is 11.6. The molecule has 1 heterocycles. The Labute approximate surface area is 134 Å². The van der Waals surface area contributed by atoms with Gasteiger partial charge in [-0.05, 0) is 37.6 Å². The molecule has 23 heavy (non-hydrogen) atoms. The van der Waals surface area contributed by atoms with Gasteiger partial charge in [-0.25, -0.2) is 0 Å². The molecule has 2 N–H and O–H groups in total. The Morgan fingerprint density at radius 1 is 1.26 bits per heavy atom. The predicted molar refractivity (Wildman–Crippen MR) is 85.3 cm³/mol. The largest absolute Gasteiger partial charge is 0.481 e. The second-order valence-electron chi connectivity index (χ2n) is 5.03. The van der Waals surface area contributed by atoms with Crippen LogP contribution in [-0.2, 0) is 9.59 Å². The molecule has 0 fully saturated rings. The van der Waals surface area contributed by atoms with Crippen molar-refractivity contribution in [2.75, 3.05) is 10.6 Å². The Morgan fingerprint density at radius 3 is 2.48 bits per heavy atom. The van der Waals surface area contributed by atoms with Gasteiger partial charge in [-0.3, -0.25) is 9.59 Å². The lowest BCUT2D eigenvalue weighted by molar-refractivity contribution is -0.122. The maximum atomic E-state index is 12.2. The summed E-state index contributed by atoms with van der Waals surface area (Å²) < 4.78 is 10.6. The third-order valence-corrected chi connectivity index (χ3v) is 3.00. The van der Waals surface area contributed by atoms with E-state index in [1.165, 1.54) is 6.92 Å². The summed E-state index contributed by atoms with van der Waals surface area (Å²) in [5.74, 6) is 1.06. The van der Waals surface area contributed by atoms with Crippen molar-refractivity contribution in [3.63, 3.8) is 0 Å². The first-order valence-electron chi connectivity index (χ1n) is 7.26. The molecule has 0 radical (unpaired) electrons. The highest BCUT2D eigenvalue weighted by Crippen LogP contribution is 2.18. The quantitative estimate of drug-likeness (QED) is 0.854. The second-order valence-corrected chi connectivity index (χ2v) is 5.03. The van der Waals surface area contributed by atoms with Crippen molar-refractivity contribution in [2.24, 2.45) is 0 Å². The monoisotopic (exact) mass is 317 g/mol. The summed E-state index contributed by atoms with van der Waals surface area (Å²) in [6.07, 6.45) is -0.158. The minimum absolute atomic E-state index is 0.146. The average molecular weight is 317 g/mol. The van der Waals surface area contributed by atoms with Gasteiger partial charge in [-0.15, -0.1) is 0 Å². The van der Waals surface area contributed by atoms with Crippen LogP contribution in [0.25, 0.3) is 0 Å². The van der Waals surface area contributed by atoms with Crippen molar-refractivity contribution < 1.29 is 18.8 Å². The molecule has 0 aliphatic rings. The number of anilines is 2. The van der Waals surface area contributed by atoms with E-state index in [-0.39, 0.29) is 11.8 Å². The molecule has 1 atom stereocenters. The van der Waals surface area contributed by atoms with Gasteiger partial charge in [0.15, 0.2) is 11.9 Å². The topological polar surface area (TPSA) is 93.5 Å². The molecule has 122 valence electrons. The molecule has 0 aliphatic carbocycles. The number of carbonyl (C=O) groups is 2. The minimum Gasteiger partial charge on any atom is -0.481 e. The number of nitrogens with zero attached hydrogens (tertiary/aromatic N) is 1. The van der Waals surface area contributed by atoms with E-state index in [1.54, 1.807) is 37.3 Å². The lowest BCUT2D eigenvalue weighted by Crippen LogP contribution is -2.32. The first-order chi connectivity index (χ1) is 11.0. The molecule has 7 heteroatoms. The lowest BCUT2D eigenvalue weighted by atomic mass is 10.2. The van der Waals surface area contributed by atoms with Crippen LogP contribution in [0, 0.1) is 6.92 Å². The van der Waals surface area contributed by atoms with Gasteiger partial charge in [0.05, 0.1) is 0 Å². The van der Waals surface area contributed by atoms with Crippen molar-refractivity contribution in [2.45, 2.75) is 33.3 Å². The molecule has 2 amide bonds. The van der Waals surface area contributed by atoms with Gasteiger partial charge in [0.2, 0.25) is 5.91 Å². The van der Waals surface area contributed by atoms with Crippen molar-refractivity contribution in [3.8, 4) is 5.75 Å². The van der Waals surface area contributed by atoms with Gasteiger partial charge < -0.3 is 19.9 Å². The summed E-state index contributed by atoms with van der Waals surface area (Å²) in [4.78, 5) is 23.2. The lowest BCUT2D eigenvalue weighted by Gasteiger charge is -2.16. The van der Waals surface area contributed by atoms with Crippen LogP contribution in [0.15, 0.2) is 34.9 Å². The molecule has 0 saturated carbocycles. The summed E-state index contributed by atoms with van der Waals surface area (Å²) in [7, 11) is 0. The SMILES string of the molecule is CCC(Oc1ccc(NC(C)=O)cc1)C(=O)Nc1cc(C)on1. The fourth-order valence-electron chi connectivity index (χ4n) is 1.94. The van der Waals surface area contributed by atoms with Gasteiger partial charge in [0.25, 0.3) is 5.91 Å². The van der Waals surface area contributed by atoms with E-state index >= 15 is 0 Å². The zero-order valence-corrected chi connectivity index (χ0v) is 13.3. The van der Waals surface area contributed by atoms with Gasteiger partial charge >= 0.3 is 0 Å². The number of carbonyl (C=O) groups excluding carboxylic acids is 2. The van der Waals surface area contributed by atoms with Crippen molar-refractivity contribution in [1.82, 2.24) is 5.16 Å². The van der Waals surface area contributed by atoms with Crippen LogP contribution < -0.4 is 15.4 Å². The number of rotatable bonds is 6. The number of amides is 2. The molecule has 1 aromatic heterocycles. The third kappa shape index (κ3) is 4.84. The van der Waals surface area contributed by atoms with Crippen LogP contribution in [0.3, 0.4) is 0 Å². The summed E-state index contributed by atoms with van der Waals surface area (Å²) >= 11 is 0. The van der Waals surface area contributed by atoms with E-state index in [0.29, 0.717) is 29.4 Å². The third-order valence-electron chi connectivity index (χ3n) is 3.00. The highest BCUT2D eigenvalue weighted by atomic mass is 16.5. The van der Waals surface area contributed by atoms with Crippen LogP contribution >= 0.6 is 0 Å². The van der Waals surface area contributed by atoms with Crippen LogP contribution in [0.5, 0.6) is 5.75 Å². The van der Waals surface area contributed by atoms with Crippen LogP contribution in [0.1, 0.15) is 26.0 Å². The van der Waals surface area contributed by atoms with E-state index in [1.807, 2.05) is 6.92 Å². The van der Waals surface area contributed by atoms with Gasteiger partial charge in [-0.2, -0.15) is 0 Å². The predicted octanol–water partition coefficient (Wildman–Crippen LogP) is 2.74. The number of benzene rings is 1. The summed E-state index contributed by atoms with van der Waals surface area (Å²) in [5.41, 5.74) is 0.667. The molecule has 2 aromatic rings. The van der Waals surface area contributed by atoms with E-state index in [9.17, 15) is 9.59 Å². The molecular weight excluding hydrogens is 298 g/mol. The van der Waals surface area contributed by atoms with Crippen molar-refractivity contribution >= 4 is 23.3 Å². The Bertz CT molecular complexity index is 679. The standard InChI is InChI=1S/C16H19N3O4/c1-4-14(16(21)18-15-9-10(2)23-19-15)22-13-7-5-12(6-8-13)17-11(3)20/h5-9,14H,4H2,1-3H3,(H,17,20)(H,18,19,21). The van der Waals surface area contributed by atoms with Gasteiger partial charge in [-0.1, -0.05) is 12.1 Å². The Hall–Kier alpha value is -2.83. The molecular formula is C16H19N3O4. The van der Waals surface area contributed by atoms with Gasteiger partial charge in [0.1, 0.15) is 11.5 Å². The minimum atomic E-state index is -0.654. The maximum absolute atomic E-state index is 12.2. The van der Waals surface area contributed by atoms with Crippen molar-refractivity contribution in [1.29, 1.82) is 0 Å². The average Bonchev–Trinajstić information content (AvgIpc) is 2.91. The smallest absolute Gasteiger partial charge is 0.266 e. The zero-order valence-electron chi connectivity index (χ0n) is 13.3. The molecule has 1 aromatic carbocycles. The Morgan fingerprint density at radius 2 is 1.96 bits per heavy atom. The molecule has 2 rings (SSSR count). The molecule has 0 aliphatic heterocycles. The van der Waals surface area contributed by atoms with E-state index in [0.717, 1.165) is 0 Å². The highest BCUT2D eigenvalue weighted by molar-refractivity contribution is 5.93. The van der Waals surface area contributed by atoms with Gasteiger partial charge in [0, 0.05) is 18.7 Å². The fourth-order valence-corrected chi connectivity index (χ4v) is 1.94. The number of hydrogen-bond donors (Lipinski definition) is 2. The van der Waals surface area contributed by atoms with Crippen LogP contribution in [-0.4, -0.2) is 23.1 Å². The number of hydrogen-bond acceptors (Lipinski definition) is 5. The molecule has 1 unspecified atom stereocenters. The molecule has 0 spiro atoms. The summed E-state index contributed by atoms with van der Waals surface area (Å²) in [6.45, 7) is 5.03. The Balaban J connectivity index is 1.98.